The highest BCUT2D eigenvalue weighted by atomic mass is 32.2. The van der Waals surface area contributed by atoms with Crippen LogP contribution in [0, 0.1) is 5.82 Å². The maximum atomic E-state index is 13.3. The van der Waals surface area contributed by atoms with Crippen molar-refractivity contribution >= 4 is 28.6 Å². The van der Waals surface area contributed by atoms with Crippen molar-refractivity contribution in [2.24, 2.45) is 0 Å². The summed E-state index contributed by atoms with van der Waals surface area (Å²) in [4.78, 5) is 13.8. The highest BCUT2D eigenvalue weighted by molar-refractivity contribution is 8.02. The molecule has 4 rings (SSSR count). The van der Waals surface area contributed by atoms with Crippen molar-refractivity contribution in [3.05, 3.63) is 74.9 Å². The van der Waals surface area contributed by atoms with Crippen LogP contribution in [0.4, 0.5) is 4.39 Å². The molecule has 1 atom stereocenters. The molecule has 0 saturated carbocycles. The lowest BCUT2D eigenvalue weighted by atomic mass is 10.1. The van der Waals surface area contributed by atoms with Gasteiger partial charge in [0.2, 0.25) is 0 Å². The average molecular weight is 344 g/mol. The molecule has 0 bridgehead atoms. The number of benzene rings is 2. The first-order valence-corrected chi connectivity index (χ1v) is 8.23. The first-order valence-electron chi connectivity index (χ1n) is 7.28. The van der Waals surface area contributed by atoms with Crippen molar-refractivity contribution in [2.45, 2.75) is 12.0 Å². The van der Waals surface area contributed by atoms with Gasteiger partial charge in [0, 0.05) is 11.3 Å². The molecular weight excluding hydrogens is 331 g/mol. The minimum absolute atomic E-state index is 0.114. The van der Waals surface area contributed by atoms with Crippen LogP contribution in [0.5, 0.6) is 0 Å². The van der Waals surface area contributed by atoms with Crippen molar-refractivity contribution in [3.8, 4) is 0 Å². The molecule has 0 saturated heterocycles. The Morgan fingerprint density at radius 1 is 1.25 bits per heavy atom. The first-order chi connectivity index (χ1) is 11.6. The molecule has 2 aromatic carbocycles. The Kier molecular flexibility index (Phi) is 3.66. The quantitative estimate of drug-likeness (QED) is 0.680. The number of H-pyrrole nitrogens is 1. The lowest BCUT2D eigenvalue weighted by molar-refractivity contribution is 0.279. The van der Waals surface area contributed by atoms with Crippen molar-refractivity contribution in [2.75, 3.05) is 0 Å². The number of aromatic amines is 1. The van der Waals surface area contributed by atoms with Gasteiger partial charge >= 0.3 is 5.76 Å². The normalized spacial score (nSPS) is 17.1. The lowest BCUT2D eigenvalue weighted by Crippen LogP contribution is -2.14. The summed E-state index contributed by atoms with van der Waals surface area (Å²) in [5.74, 6) is -0.853. The van der Waals surface area contributed by atoms with Crippen LogP contribution < -0.4 is 11.1 Å². The standard InChI is InChI=1S/C17H13FN2O3S/c18-11-2-3-12(10(5-11)7-21)16-19-14(8-24-16)9-1-4-13-15(6-9)23-17(22)20-13/h1-6,8,16,19,21H,7H2,(H,20,22). The van der Waals surface area contributed by atoms with Crippen LogP contribution in [-0.2, 0) is 6.61 Å². The maximum Gasteiger partial charge on any atom is 0.417 e. The number of hydrogen-bond donors (Lipinski definition) is 3. The minimum atomic E-state index is -0.485. The number of aliphatic hydroxyl groups excluding tert-OH is 1. The molecule has 0 radical (unpaired) electrons. The molecule has 2 heterocycles. The number of fused-ring (bicyclic) bond motifs is 1. The Morgan fingerprint density at radius 3 is 2.96 bits per heavy atom. The van der Waals surface area contributed by atoms with Crippen molar-refractivity contribution < 1.29 is 13.9 Å². The second-order valence-electron chi connectivity index (χ2n) is 5.42. The number of rotatable bonds is 3. The molecule has 1 unspecified atom stereocenters. The zero-order chi connectivity index (χ0) is 16.7. The highest BCUT2D eigenvalue weighted by Crippen LogP contribution is 2.39. The number of aliphatic hydroxyl groups is 1. The van der Waals surface area contributed by atoms with E-state index in [1.165, 1.54) is 23.9 Å². The summed E-state index contributed by atoms with van der Waals surface area (Å²) in [7, 11) is 0. The second-order valence-corrected chi connectivity index (χ2v) is 6.40. The smallest absolute Gasteiger partial charge is 0.408 e. The van der Waals surface area contributed by atoms with E-state index < -0.39 is 5.76 Å². The summed E-state index contributed by atoms with van der Waals surface area (Å²) >= 11 is 1.54. The predicted molar refractivity (Wildman–Crippen MR) is 90.6 cm³/mol. The van der Waals surface area contributed by atoms with E-state index in [1.807, 2.05) is 11.5 Å². The summed E-state index contributed by atoms with van der Waals surface area (Å²) in [6, 6.07) is 9.86. The van der Waals surface area contributed by atoms with E-state index in [2.05, 4.69) is 10.3 Å². The average Bonchev–Trinajstić information content (AvgIpc) is 3.19. The minimum Gasteiger partial charge on any atom is -0.408 e. The van der Waals surface area contributed by atoms with Crippen molar-refractivity contribution in [1.29, 1.82) is 0 Å². The molecule has 0 spiro atoms. The highest BCUT2D eigenvalue weighted by Gasteiger charge is 2.22. The summed E-state index contributed by atoms with van der Waals surface area (Å²) in [5, 5.41) is 14.6. The van der Waals surface area contributed by atoms with Gasteiger partial charge in [-0.05, 0) is 40.8 Å². The van der Waals surface area contributed by atoms with Crippen LogP contribution in [0.3, 0.4) is 0 Å². The first kappa shape index (κ1) is 15.0. The lowest BCUT2D eigenvalue weighted by Gasteiger charge is -2.16. The Bertz CT molecular complexity index is 1010. The van der Waals surface area contributed by atoms with Crippen molar-refractivity contribution in [1.82, 2.24) is 10.3 Å². The fraction of sp³-hybridized carbons (Fsp3) is 0.118. The molecule has 1 aromatic heterocycles. The van der Waals surface area contributed by atoms with Gasteiger partial charge in [-0.1, -0.05) is 12.1 Å². The van der Waals surface area contributed by atoms with E-state index >= 15 is 0 Å². The molecule has 0 amide bonds. The van der Waals surface area contributed by atoms with Crippen LogP contribution in [-0.4, -0.2) is 10.1 Å². The number of aromatic nitrogens is 1. The molecule has 0 fully saturated rings. The zero-order valence-corrected chi connectivity index (χ0v) is 13.2. The molecule has 7 heteroatoms. The molecule has 122 valence electrons. The largest absolute Gasteiger partial charge is 0.417 e. The van der Waals surface area contributed by atoms with E-state index in [4.69, 9.17) is 4.42 Å². The second kappa shape index (κ2) is 5.85. The van der Waals surface area contributed by atoms with Gasteiger partial charge in [0.05, 0.1) is 12.1 Å². The Labute approximate surface area is 140 Å². The Balaban J connectivity index is 1.62. The van der Waals surface area contributed by atoms with Gasteiger partial charge in [-0.2, -0.15) is 0 Å². The van der Waals surface area contributed by atoms with Gasteiger partial charge in [0.15, 0.2) is 5.58 Å². The van der Waals surface area contributed by atoms with Crippen LogP contribution >= 0.6 is 11.8 Å². The molecule has 5 nitrogen and oxygen atoms in total. The third kappa shape index (κ3) is 2.61. The third-order valence-corrected chi connectivity index (χ3v) is 4.91. The number of thioether (sulfide) groups is 1. The van der Waals surface area contributed by atoms with E-state index in [0.29, 0.717) is 16.7 Å². The molecule has 0 aliphatic carbocycles. The van der Waals surface area contributed by atoms with E-state index in [9.17, 15) is 14.3 Å². The topological polar surface area (TPSA) is 78.3 Å². The van der Waals surface area contributed by atoms with Gasteiger partial charge < -0.3 is 14.8 Å². The number of hydrogen-bond acceptors (Lipinski definition) is 5. The molecular formula is C17H13FN2O3S. The summed E-state index contributed by atoms with van der Waals surface area (Å²) < 4.78 is 18.4. The summed E-state index contributed by atoms with van der Waals surface area (Å²) in [6.45, 7) is -0.221. The van der Waals surface area contributed by atoms with E-state index in [0.717, 1.165) is 16.8 Å². The fourth-order valence-corrected chi connectivity index (χ4v) is 3.78. The fourth-order valence-electron chi connectivity index (χ4n) is 2.73. The van der Waals surface area contributed by atoms with Gasteiger partial charge in [-0.15, -0.1) is 11.8 Å². The zero-order valence-electron chi connectivity index (χ0n) is 12.4. The van der Waals surface area contributed by atoms with Gasteiger partial charge in [0.25, 0.3) is 0 Å². The predicted octanol–water partition coefficient (Wildman–Crippen LogP) is 3.09. The van der Waals surface area contributed by atoms with Crippen LogP contribution in [0.15, 0.2) is 51.0 Å². The van der Waals surface area contributed by atoms with Gasteiger partial charge in [-0.3, -0.25) is 4.98 Å². The number of halogens is 1. The van der Waals surface area contributed by atoms with Crippen LogP contribution in [0.25, 0.3) is 16.8 Å². The van der Waals surface area contributed by atoms with Crippen LogP contribution in [0.2, 0.25) is 0 Å². The monoisotopic (exact) mass is 344 g/mol. The third-order valence-electron chi connectivity index (χ3n) is 3.90. The van der Waals surface area contributed by atoms with E-state index in [-0.39, 0.29) is 17.8 Å². The van der Waals surface area contributed by atoms with E-state index in [1.54, 1.807) is 18.2 Å². The van der Waals surface area contributed by atoms with Crippen LogP contribution in [0.1, 0.15) is 22.1 Å². The molecule has 3 aromatic rings. The maximum absolute atomic E-state index is 13.3. The molecule has 3 N–H and O–H groups in total. The summed E-state index contributed by atoms with van der Waals surface area (Å²) in [6.07, 6.45) is 0. The molecule has 1 aliphatic heterocycles. The van der Waals surface area contributed by atoms with Gasteiger partial charge in [-0.25, -0.2) is 9.18 Å². The van der Waals surface area contributed by atoms with Gasteiger partial charge in [0.1, 0.15) is 11.2 Å². The Morgan fingerprint density at radius 2 is 2.12 bits per heavy atom. The summed E-state index contributed by atoms with van der Waals surface area (Å²) in [5.41, 5.74) is 4.29. The molecule has 24 heavy (non-hydrogen) atoms. The number of nitrogens with one attached hydrogen (secondary N) is 2. The molecule has 1 aliphatic rings. The number of oxazole rings is 1. The Hall–Kier alpha value is -2.51. The SMILES string of the molecule is O=c1[nH]c2ccc(C3=CSC(c4ccc(F)cc4CO)N3)cc2o1. The van der Waals surface area contributed by atoms with Crippen molar-refractivity contribution in [3.63, 3.8) is 0 Å².